The van der Waals surface area contributed by atoms with E-state index in [1.807, 2.05) is 25.1 Å². The summed E-state index contributed by atoms with van der Waals surface area (Å²) in [6, 6.07) is 8.28. The fourth-order valence-electron chi connectivity index (χ4n) is 3.67. The van der Waals surface area contributed by atoms with E-state index in [2.05, 4.69) is 21.3 Å². The van der Waals surface area contributed by atoms with E-state index in [1.54, 1.807) is 0 Å². The molecule has 0 radical (unpaired) electrons. The van der Waals surface area contributed by atoms with Crippen LogP contribution in [0.3, 0.4) is 0 Å². The minimum atomic E-state index is 0.0819. The van der Waals surface area contributed by atoms with Gasteiger partial charge in [-0.25, -0.2) is 9.97 Å². The zero-order valence-corrected chi connectivity index (χ0v) is 14.6. The predicted molar refractivity (Wildman–Crippen MR) is 96.6 cm³/mol. The van der Waals surface area contributed by atoms with Crippen LogP contribution in [-0.4, -0.2) is 48.2 Å². The second-order valence-corrected chi connectivity index (χ2v) is 6.96. The molecule has 0 saturated carbocycles. The highest BCUT2D eigenvalue weighted by Crippen LogP contribution is 2.24. The lowest BCUT2D eigenvalue weighted by Crippen LogP contribution is -2.44. The molecular formula is C19H24N4O2. The van der Waals surface area contributed by atoms with E-state index in [9.17, 15) is 4.79 Å². The van der Waals surface area contributed by atoms with Gasteiger partial charge in [-0.15, -0.1) is 0 Å². The highest BCUT2D eigenvalue weighted by atomic mass is 16.5. The van der Waals surface area contributed by atoms with Crippen molar-refractivity contribution in [1.29, 1.82) is 0 Å². The molecule has 4 rings (SSSR count). The van der Waals surface area contributed by atoms with E-state index in [1.165, 1.54) is 0 Å². The second kappa shape index (κ2) is 6.96. The normalized spacial score (nSPS) is 21.6. The number of carbonyl (C=O) groups is 1. The molecule has 1 aromatic carbocycles. The third kappa shape index (κ3) is 3.44. The molecule has 0 aliphatic carbocycles. The largest absolute Gasteiger partial charge is 0.379 e. The van der Waals surface area contributed by atoms with Crippen LogP contribution in [-0.2, 0) is 9.53 Å². The molecule has 25 heavy (non-hydrogen) atoms. The summed E-state index contributed by atoms with van der Waals surface area (Å²) in [5.41, 5.74) is 1.98. The van der Waals surface area contributed by atoms with Gasteiger partial charge in [0.1, 0.15) is 0 Å². The minimum Gasteiger partial charge on any atom is -0.379 e. The van der Waals surface area contributed by atoms with Gasteiger partial charge in [0.25, 0.3) is 0 Å². The van der Waals surface area contributed by atoms with Crippen molar-refractivity contribution in [2.75, 3.05) is 31.2 Å². The quantitative estimate of drug-likeness (QED) is 0.926. The van der Waals surface area contributed by atoms with Crippen LogP contribution in [0.25, 0.3) is 10.9 Å². The number of carbonyl (C=O) groups excluding carboxylic acids is 1. The molecule has 3 heterocycles. The first-order chi connectivity index (χ1) is 12.2. The summed E-state index contributed by atoms with van der Waals surface area (Å²) >= 11 is 0. The van der Waals surface area contributed by atoms with E-state index >= 15 is 0 Å². The van der Waals surface area contributed by atoms with E-state index in [0.29, 0.717) is 6.61 Å². The number of rotatable bonds is 3. The Bertz CT molecular complexity index is 765. The zero-order chi connectivity index (χ0) is 17.2. The molecule has 1 amide bonds. The Morgan fingerprint density at radius 2 is 2.00 bits per heavy atom. The fraction of sp³-hybridized carbons (Fsp3) is 0.526. The minimum absolute atomic E-state index is 0.0819. The first-order valence-corrected chi connectivity index (χ1v) is 9.07. The second-order valence-electron chi connectivity index (χ2n) is 6.96. The van der Waals surface area contributed by atoms with Gasteiger partial charge in [0.2, 0.25) is 11.9 Å². The van der Waals surface area contributed by atoms with Crippen LogP contribution in [0, 0.1) is 12.8 Å². The average molecular weight is 340 g/mol. The Balaban J connectivity index is 1.40. The van der Waals surface area contributed by atoms with Crippen LogP contribution >= 0.6 is 0 Å². The highest BCUT2D eigenvalue weighted by molar-refractivity contribution is 5.82. The number of aromatic nitrogens is 2. The number of benzene rings is 1. The van der Waals surface area contributed by atoms with E-state index in [4.69, 9.17) is 9.72 Å². The van der Waals surface area contributed by atoms with Crippen LogP contribution < -0.4 is 10.2 Å². The van der Waals surface area contributed by atoms with Gasteiger partial charge in [-0.1, -0.05) is 18.2 Å². The molecule has 132 valence electrons. The van der Waals surface area contributed by atoms with Crippen LogP contribution in [0.5, 0.6) is 0 Å². The number of nitrogens with one attached hydrogen (secondary N) is 1. The van der Waals surface area contributed by atoms with Crippen LogP contribution in [0.4, 0.5) is 5.95 Å². The molecule has 0 spiro atoms. The Kier molecular flexibility index (Phi) is 4.53. The number of para-hydroxylation sites is 1. The van der Waals surface area contributed by atoms with Gasteiger partial charge in [0.05, 0.1) is 23.9 Å². The lowest BCUT2D eigenvalue weighted by Gasteiger charge is -2.32. The van der Waals surface area contributed by atoms with Gasteiger partial charge in [-0.3, -0.25) is 4.79 Å². The zero-order valence-electron chi connectivity index (χ0n) is 14.6. The maximum Gasteiger partial charge on any atom is 0.226 e. The molecule has 1 atom stereocenters. The van der Waals surface area contributed by atoms with Crippen molar-refractivity contribution >= 4 is 22.8 Å². The predicted octanol–water partition coefficient (Wildman–Crippen LogP) is 2.06. The Labute approximate surface area is 147 Å². The molecule has 2 saturated heterocycles. The highest BCUT2D eigenvalue weighted by Gasteiger charge is 2.28. The number of aryl methyl sites for hydroxylation is 1. The van der Waals surface area contributed by atoms with Crippen molar-refractivity contribution in [2.45, 2.75) is 32.2 Å². The molecule has 1 aromatic heterocycles. The molecule has 2 aliphatic heterocycles. The maximum absolute atomic E-state index is 12.4. The van der Waals surface area contributed by atoms with Gasteiger partial charge in [-0.05, 0) is 32.3 Å². The lowest BCUT2D eigenvalue weighted by atomic mass is 9.95. The molecule has 2 aromatic rings. The maximum atomic E-state index is 12.4. The number of fused-ring (bicyclic) bond motifs is 1. The molecule has 2 aliphatic rings. The first-order valence-electron chi connectivity index (χ1n) is 9.07. The fourth-order valence-corrected chi connectivity index (χ4v) is 3.67. The van der Waals surface area contributed by atoms with Crippen molar-refractivity contribution in [3.8, 4) is 0 Å². The standard InChI is InChI=1S/C19H24N4O2/c1-13-16-4-2-3-5-17(16)22-19(20-13)23-9-6-14(7-10-23)18(24)21-15-8-11-25-12-15/h2-5,14-15H,6-12H2,1H3,(H,21,24). The van der Waals surface area contributed by atoms with Gasteiger partial charge >= 0.3 is 0 Å². The summed E-state index contributed by atoms with van der Waals surface area (Å²) in [4.78, 5) is 24.0. The molecule has 6 nitrogen and oxygen atoms in total. The summed E-state index contributed by atoms with van der Waals surface area (Å²) in [5.74, 6) is 1.03. The van der Waals surface area contributed by atoms with E-state index < -0.39 is 0 Å². The first kappa shape index (κ1) is 16.3. The summed E-state index contributed by atoms with van der Waals surface area (Å²) in [6.45, 7) is 5.06. The number of amides is 1. The van der Waals surface area contributed by atoms with Crippen molar-refractivity contribution in [3.05, 3.63) is 30.0 Å². The summed E-state index contributed by atoms with van der Waals surface area (Å²) in [5, 5.41) is 4.22. The molecule has 1 N–H and O–H groups in total. The van der Waals surface area contributed by atoms with Crippen LogP contribution in [0.1, 0.15) is 25.0 Å². The number of hydrogen-bond donors (Lipinski definition) is 1. The van der Waals surface area contributed by atoms with Gasteiger partial charge in [0.15, 0.2) is 0 Å². The van der Waals surface area contributed by atoms with Gasteiger partial charge < -0.3 is 15.0 Å². The Morgan fingerprint density at radius 1 is 1.20 bits per heavy atom. The molecule has 1 unspecified atom stereocenters. The number of piperidine rings is 1. The molecule has 2 fully saturated rings. The van der Waals surface area contributed by atoms with Gasteiger partial charge in [0, 0.05) is 31.0 Å². The van der Waals surface area contributed by atoms with E-state index in [0.717, 1.165) is 61.5 Å². The lowest BCUT2D eigenvalue weighted by molar-refractivity contribution is -0.126. The third-order valence-electron chi connectivity index (χ3n) is 5.21. The average Bonchev–Trinajstić information content (AvgIpc) is 3.15. The number of anilines is 1. The topological polar surface area (TPSA) is 67.4 Å². The molecule has 6 heteroatoms. The van der Waals surface area contributed by atoms with Crippen molar-refractivity contribution < 1.29 is 9.53 Å². The Morgan fingerprint density at radius 3 is 2.76 bits per heavy atom. The monoisotopic (exact) mass is 340 g/mol. The van der Waals surface area contributed by atoms with Crippen LogP contribution in [0.15, 0.2) is 24.3 Å². The van der Waals surface area contributed by atoms with Crippen LogP contribution in [0.2, 0.25) is 0 Å². The van der Waals surface area contributed by atoms with E-state index in [-0.39, 0.29) is 17.9 Å². The number of hydrogen-bond acceptors (Lipinski definition) is 5. The third-order valence-corrected chi connectivity index (χ3v) is 5.21. The van der Waals surface area contributed by atoms with Crippen molar-refractivity contribution in [2.24, 2.45) is 5.92 Å². The van der Waals surface area contributed by atoms with Gasteiger partial charge in [-0.2, -0.15) is 0 Å². The summed E-state index contributed by atoms with van der Waals surface area (Å²) in [6.07, 6.45) is 2.61. The summed E-state index contributed by atoms with van der Waals surface area (Å²) in [7, 11) is 0. The molecule has 0 bridgehead atoms. The molecular weight excluding hydrogens is 316 g/mol. The number of ether oxygens (including phenoxy) is 1. The van der Waals surface area contributed by atoms with Crippen molar-refractivity contribution in [1.82, 2.24) is 15.3 Å². The smallest absolute Gasteiger partial charge is 0.226 e. The number of nitrogens with zero attached hydrogens (tertiary/aromatic N) is 3. The SMILES string of the molecule is Cc1nc(N2CCC(C(=O)NC3CCOC3)CC2)nc2ccccc12. The summed E-state index contributed by atoms with van der Waals surface area (Å²) < 4.78 is 5.33. The Hall–Kier alpha value is -2.21. The van der Waals surface area contributed by atoms with Crippen molar-refractivity contribution in [3.63, 3.8) is 0 Å².